The van der Waals surface area contributed by atoms with Gasteiger partial charge in [-0.3, -0.25) is 24.2 Å². The first-order valence-electron chi connectivity index (χ1n) is 16.1. The van der Waals surface area contributed by atoms with Crippen LogP contribution in [0.1, 0.15) is 41.1 Å². The summed E-state index contributed by atoms with van der Waals surface area (Å²) in [5.74, 6) is -24.4. The quantitative estimate of drug-likeness (QED) is 0.0730. The topological polar surface area (TPSA) is 111 Å². The first-order chi connectivity index (χ1) is 25.5. The second-order valence-corrected chi connectivity index (χ2v) is 15.4. The van der Waals surface area contributed by atoms with Gasteiger partial charge in [0.25, 0.3) is 23.6 Å². The molecular weight excluding hydrogens is 815 g/mol. The maximum absolute atomic E-state index is 15.3. The van der Waals surface area contributed by atoms with Crippen LogP contribution in [0.4, 0.5) is 46.6 Å². The highest BCUT2D eigenvalue weighted by molar-refractivity contribution is 6.58. The molecule has 0 spiro atoms. The lowest BCUT2D eigenvalue weighted by atomic mass is 9.56. The number of halogens is 11. The van der Waals surface area contributed by atoms with Gasteiger partial charge in [-0.1, -0.05) is 35.4 Å². The van der Waals surface area contributed by atoms with E-state index in [-0.39, 0.29) is 44.4 Å². The average molecular weight is 838 g/mol. The number of carbonyl (C=O) groups is 4. The van der Waals surface area contributed by atoms with Crippen molar-refractivity contribution in [1.82, 2.24) is 9.99 Å². The van der Waals surface area contributed by atoms with Gasteiger partial charge < -0.3 is 5.11 Å². The summed E-state index contributed by atoms with van der Waals surface area (Å²) < 4.78 is 114. The van der Waals surface area contributed by atoms with E-state index in [0.717, 1.165) is 18.1 Å². The Morgan fingerprint density at radius 3 is 2.00 bits per heavy atom. The maximum atomic E-state index is 15.3. The van der Waals surface area contributed by atoms with Crippen LogP contribution in [0.15, 0.2) is 35.9 Å². The highest BCUT2D eigenvalue weighted by Gasteiger charge is 2.77. The Labute approximate surface area is 320 Å². The highest BCUT2D eigenvalue weighted by Crippen LogP contribution is 2.66. The van der Waals surface area contributed by atoms with Crippen molar-refractivity contribution in [1.29, 1.82) is 0 Å². The molecule has 2 saturated heterocycles. The molecule has 7 rings (SSSR count). The molecule has 0 bridgehead atoms. The van der Waals surface area contributed by atoms with Crippen LogP contribution in [0, 0.1) is 60.7 Å². The van der Waals surface area contributed by atoms with Crippen LogP contribution in [0.5, 0.6) is 5.75 Å². The van der Waals surface area contributed by atoms with Gasteiger partial charge in [0.05, 0.1) is 16.9 Å². The number of hydrogen-bond acceptors (Lipinski definition) is 7. The predicted octanol–water partition coefficient (Wildman–Crippen LogP) is 7.39. The van der Waals surface area contributed by atoms with Crippen LogP contribution in [-0.2, 0) is 25.4 Å². The molecule has 4 amide bonds. The van der Waals surface area contributed by atoms with E-state index in [1.807, 2.05) is 0 Å². The zero-order valence-electron chi connectivity index (χ0n) is 28.1. The second kappa shape index (κ2) is 12.5. The Kier molecular flexibility index (Phi) is 8.82. The molecule has 2 aliphatic carbocycles. The number of imide groups is 2. The van der Waals surface area contributed by atoms with E-state index in [4.69, 9.17) is 34.8 Å². The Morgan fingerprint density at radius 1 is 0.873 bits per heavy atom. The van der Waals surface area contributed by atoms with Crippen molar-refractivity contribution in [3.05, 3.63) is 92.4 Å². The summed E-state index contributed by atoms with van der Waals surface area (Å²) in [6.45, 7) is 2.93. The fourth-order valence-corrected chi connectivity index (χ4v) is 9.45. The fourth-order valence-electron chi connectivity index (χ4n) is 8.29. The van der Waals surface area contributed by atoms with Gasteiger partial charge in [0.15, 0.2) is 38.8 Å². The van der Waals surface area contributed by atoms with Crippen molar-refractivity contribution in [2.24, 2.45) is 17.8 Å². The van der Waals surface area contributed by atoms with Crippen molar-refractivity contribution >= 4 is 69.9 Å². The molecule has 1 N–H and O–H groups in total. The number of alkyl halides is 5. The number of amides is 4. The second-order valence-electron chi connectivity index (χ2n) is 13.7. The fraction of sp³-hybridized carbons (Fsp3) is 0.343. The molecule has 9 nitrogen and oxygen atoms in total. The summed E-state index contributed by atoms with van der Waals surface area (Å²) in [5, 5.41) is 11.5. The lowest BCUT2D eigenvalue weighted by molar-refractivity contribution is -0.141. The number of aromatic nitrogens is 1. The predicted molar refractivity (Wildman–Crippen MR) is 179 cm³/mol. The summed E-state index contributed by atoms with van der Waals surface area (Å²) >= 11 is 20.4. The van der Waals surface area contributed by atoms with E-state index in [9.17, 15) is 50.6 Å². The van der Waals surface area contributed by atoms with Gasteiger partial charge in [0.1, 0.15) is 17.1 Å². The molecule has 3 fully saturated rings. The van der Waals surface area contributed by atoms with Gasteiger partial charge in [-0.05, 0) is 61.4 Å². The number of pyridine rings is 1. The number of aryl methyl sites for hydroxylation is 2. The normalized spacial score (nSPS) is 27.7. The zero-order chi connectivity index (χ0) is 40.6. The van der Waals surface area contributed by atoms with Gasteiger partial charge in [-0.2, -0.15) is 18.2 Å². The first kappa shape index (κ1) is 38.8. The van der Waals surface area contributed by atoms with E-state index in [1.54, 1.807) is 0 Å². The van der Waals surface area contributed by atoms with E-state index in [0.29, 0.717) is 11.1 Å². The summed E-state index contributed by atoms with van der Waals surface area (Å²) in [6.07, 6.45) is -4.55. The molecule has 2 aromatic carbocycles. The molecule has 1 aromatic heterocycles. The first-order valence-corrected chi connectivity index (χ1v) is 17.3. The number of hydrazine groups is 1. The smallest absolute Gasteiger partial charge is 0.433 e. The molecule has 3 aromatic rings. The third-order valence-electron chi connectivity index (χ3n) is 10.8. The molecule has 1 saturated carbocycles. The minimum absolute atomic E-state index is 0.0772. The van der Waals surface area contributed by atoms with Crippen molar-refractivity contribution in [3.63, 3.8) is 0 Å². The Bertz CT molecular complexity index is 2280. The van der Waals surface area contributed by atoms with Crippen LogP contribution in [0.25, 0.3) is 0 Å². The van der Waals surface area contributed by atoms with Crippen LogP contribution in [-0.4, -0.2) is 55.5 Å². The monoisotopic (exact) mass is 836 g/mol. The molecule has 20 heteroatoms. The lowest BCUT2D eigenvalue weighted by Crippen LogP contribution is -2.60. The molecule has 6 unspecified atom stereocenters. The summed E-state index contributed by atoms with van der Waals surface area (Å²) in [6, 6.07) is 4.16. The number of benzene rings is 2. The number of hydrogen-bond donors (Lipinski definition) is 1. The van der Waals surface area contributed by atoms with Crippen LogP contribution in [0.2, 0.25) is 5.02 Å². The van der Waals surface area contributed by atoms with Crippen LogP contribution >= 0.6 is 34.8 Å². The Morgan fingerprint density at radius 2 is 1.44 bits per heavy atom. The van der Waals surface area contributed by atoms with Crippen molar-refractivity contribution in [2.75, 3.05) is 17.0 Å². The Hall–Kier alpha value is -4.48. The molecule has 4 aliphatic rings. The third-order valence-corrected chi connectivity index (χ3v) is 12.5. The summed E-state index contributed by atoms with van der Waals surface area (Å²) in [5.41, 5.74) is -2.71. The number of anilines is 2. The van der Waals surface area contributed by atoms with Gasteiger partial charge in [-0.25, -0.2) is 31.8 Å². The zero-order valence-corrected chi connectivity index (χ0v) is 30.4. The molecule has 6 atom stereocenters. The van der Waals surface area contributed by atoms with Crippen molar-refractivity contribution in [3.8, 4) is 5.75 Å². The number of allylic oxidation sites excluding steroid dienone is 2. The molecule has 55 heavy (non-hydrogen) atoms. The molecule has 2 aliphatic heterocycles. The number of fused-ring (bicyclic) bond motifs is 4. The van der Waals surface area contributed by atoms with Crippen LogP contribution < -0.4 is 9.91 Å². The number of carbonyl (C=O) groups excluding carboxylic acids is 4. The van der Waals surface area contributed by atoms with E-state index in [1.165, 1.54) is 32.1 Å². The molecule has 0 radical (unpaired) electrons. The van der Waals surface area contributed by atoms with Gasteiger partial charge in [0.2, 0.25) is 5.82 Å². The summed E-state index contributed by atoms with van der Waals surface area (Å²) in [4.78, 5) is 54.7. The van der Waals surface area contributed by atoms with E-state index in [2.05, 4.69) is 4.98 Å². The lowest BCUT2D eigenvalue weighted by Gasteiger charge is -2.50. The number of rotatable bonds is 4. The SMILES string of the molecule is Cc1cc(C2C3=CCC4C(=O)N(N(C)c5nc(C(F)(F)F)ccc5Cl)C(=O)C4C3CC3(Cl)C(=O)N(c4c(F)c(F)c(F)c(F)c4F)C(=O)C23Cl)cc(C)c1O. The van der Waals surface area contributed by atoms with Gasteiger partial charge in [-0.15, -0.1) is 23.2 Å². The van der Waals surface area contributed by atoms with E-state index >= 15 is 8.78 Å². The van der Waals surface area contributed by atoms with Crippen LogP contribution in [0.3, 0.4) is 0 Å². The highest BCUT2D eigenvalue weighted by atomic mass is 35.5. The maximum Gasteiger partial charge on any atom is 0.433 e. The number of phenolic OH excluding ortho intramolecular Hbond substituents is 1. The standard InChI is InChI=1S/C35H23Cl3F8N4O5/c1-11-8-13(9-12(2)27(11)51)20-14-4-5-15-19(30(53)50(29(15)52)48(3)28-17(36)6-7-18(47-28)35(44,45)46)16(14)10-33(37)31(54)49(32(55)34(20,33)38)26-24(42)22(40)21(39)23(41)25(26)43/h4,6-9,15-16,19-20,51H,5,10H2,1-3H3. The minimum Gasteiger partial charge on any atom is -0.507 e. The Balaban J connectivity index is 1.40. The average Bonchev–Trinajstić information content (AvgIpc) is 3.46. The van der Waals surface area contributed by atoms with Crippen molar-refractivity contribution in [2.45, 2.75) is 48.5 Å². The summed E-state index contributed by atoms with van der Waals surface area (Å²) in [7, 11) is 1.06. The molecular formula is C35H23Cl3F8N4O5. The molecule has 3 heterocycles. The van der Waals surface area contributed by atoms with Gasteiger partial charge in [0, 0.05) is 13.0 Å². The minimum atomic E-state index is -4.94. The van der Waals surface area contributed by atoms with Gasteiger partial charge >= 0.3 is 6.18 Å². The van der Waals surface area contributed by atoms with Crippen molar-refractivity contribution < 1.29 is 59.4 Å². The third kappa shape index (κ3) is 5.14. The number of aromatic hydroxyl groups is 1. The molecule has 290 valence electrons. The number of nitrogens with zero attached hydrogens (tertiary/aromatic N) is 4. The largest absolute Gasteiger partial charge is 0.507 e. The number of phenols is 1. The van der Waals surface area contributed by atoms with E-state index < -0.39 is 116 Å².